The first-order valence-electron chi connectivity index (χ1n) is 10.3. The third-order valence-electron chi connectivity index (χ3n) is 5.15. The summed E-state index contributed by atoms with van der Waals surface area (Å²) in [5, 5.41) is 11.0. The van der Waals surface area contributed by atoms with Crippen LogP contribution in [0.15, 0.2) is 42.5 Å². The third kappa shape index (κ3) is 5.70. The smallest absolute Gasteiger partial charge is 0.339 e. The van der Waals surface area contributed by atoms with Crippen LogP contribution >= 0.6 is 11.6 Å². The number of benzene rings is 2. The Kier molecular flexibility index (Phi) is 7.58. The molecule has 1 aliphatic rings. The second-order valence-electron chi connectivity index (χ2n) is 7.66. The van der Waals surface area contributed by atoms with Gasteiger partial charge in [-0.25, -0.2) is 4.79 Å². The minimum absolute atomic E-state index is 0.0102. The largest absolute Gasteiger partial charge is 0.452 e. The average molecular weight is 459 g/mol. The van der Waals surface area contributed by atoms with Gasteiger partial charge in [0, 0.05) is 30.3 Å². The van der Waals surface area contributed by atoms with E-state index in [4.69, 9.17) is 16.3 Å². The van der Waals surface area contributed by atoms with Gasteiger partial charge in [-0.2, -0.15) is 0 Å². The number of hydrogen-bond acceptors (Lipinski definition) is 6. The number of halogens is 1. The minimum atomic E-state index is -0.811. The topological polar surface area (TPSA) is 107 Å². The van der Waals surface area contributed by atoms with Gasteiger partial charge < -0.3 is 9.64 Å². The number of nitrogens with zero attached hydrogens (tertiary/aromatic N) is 2. The molecule has 0 unspecified atom stereocenters. The van der Waals surface area contributed by atoms with Crippen molar-refractivity contribution in [2.75, 3.05) is 19.7 Å². The van der Waals surface area contributed by atoms with Gasteiger partial charge in [0.05, 0.1) is 10.5 Å². The fraction of sp³-hybridized carbons (Fsp3) is 0.348. The molecule has 168 valence electrons. The van der Waals surface area contributed by atoms with Crippen LogP contribution in [0, 0.1) is 16.0 Å². The summed E-state index contributed by atoms with van der Waals surface area (Å²) in [6.45, 7) is 2.81. The highest BCUT2D eigenvalue weighted by Gasteiger charge is 2.27. The molecule has 0 aromatic heterocycles. The Labute approximate surface area is 190 Å². The maximum atomic E-state index is 13.0. The summed E-state index contributed by atoms with van der Waals surface area (Å²) >= 11 is 5.81. The van der Waals surface area contributed by atoms with Crippen LogP contribution in [0.5, 0.6) is 0 Å². The lowest BCUT2D eigenvalue weighted by Gasteiger charge is -2.21. The summed E-state index contributed by atoms with van der Waals surface area (Å²) in [7, 11) is 0. The molecule has 0 atom stereocenters. The standard InChI is InChI=1S/C23H23ClN2O6/c1-2-11-25(13-15-7-8-15)21(27)14-32-23(29)18-6-4-3-5-17(18)22(28)16-9-10-19(24)20(12-16)26(30)31/h3-6,9-10,12,15H,2,7-8,11,13-14H2,1H3. The van der Waals surface area contributed by atoms with Gasteiger partial charge in [-0.1, -0.05) is 36.7 Å². The first kappa shape index (κ1) is 23.4. The molecule has 0 bridgehead atoms. The molecule has 32 heavy (non-hydrogen) atoms. The fourth-order valence-corrected chi connectivity index (χ4v) is 3.49. The summed E-state index contributed by atoms with van der Waals surface area (Å²) in [5.74, 6) is -1.16. The Balaban J connectivity index is 1.75. The molecule has 1 amide bonds. The number of carbonyl (C=O) groups is 3. The minimum Gasteiger partial charge on any atom is -0.452 e. The second-order valence-corrected chi connectivity index (χ2v) is 8.06. The Morgan fingerprint density at radius 1 is 1.16 bits per heavy atom. The number of nitro groups is 1. The van der Waals surface area contributed by atoms with E-state index in [0.717, 1.165) is 25.3 Å². The van der Waals surface area contributed by atoms with Gasteiger partial charge in [0.1, 0.15) is 5.02 Å². The predicted molar refractivity (Wildman–Crippen MR) is 118 cm³/mol. The Morgan fingerprint density at radius 3 is 2.47 bits per heavy atom. The molecule has 0 saturated heterocycles. The number of rotatable bonds is 10. The summed E-state index contributed by atoms with van der Waals surface area (Å²) in [5.41, 5.74) is -0.400. The van der Waals surface area contributed by atoms with E-state index in [9.17, 15) is 24.5 Å². The number of esters is 1. The van der Waals surface area contributed by atoms with E-state index < -0.39 is 29.0 Å². The molecule has 0 radical (unpaired) electrons. The van der Waals surface area contributed by atoms with Crippen molar-refractivity contribution >= 4 is 34.9 Å². The number of nitro benzene ring substituents is 1. The highest BCUT2D eigenvalue weighted by molar-refractivity contribution is 6.33. The van der Waals surface area contributed by atoms with Crippen molar-refractivity contribution in [3.8, 4) is 0 Å². The van der Waals surface area contributed by atoms with E-state index in [-0.39, 0.29) is 27.6 Å². The quantitative estimate of drug-likeness (QED) is 0.227. The van der Waals surface area contributed by atoms with Crippen molar-refractivity contribution in [3.05, 3.63) is 74.3 Å². The normalized spacial score (nSPS) is 12.8. The summed E-state index contributed by atoms with van der Waals surface area (Å²) < 4.78 is 5.22. The number of ketones is 1. The van der Waals surface area contributed by atoms with Crippen LogP contribution in [0.1, 0.15) is 52.5 Å². The molecule has 0 heterocycles. The summed E-state index contributed by atoms with van der Waals surface area (Å²) in [6.07, 6.45) is 3.01. The molecule has 2 aromatic rings. The summed E-state index contributed by atoms with van der Waals surface area (Å²) in [4.78, 5) is 50.3. The summed E-state index contributed by atoms with van der Waals surface area (Å²) in [6, 6.07) is 9.65. The average Bonchev–Trinajstić information content (AvgIpc) is 3.60. The number of ether oxygens (including phenoxy) is 1. The van der Waals surface area contributed by atoms with Gasteiger partial charge in [0.15, 0.2) is 12.4 Å². The number of amides is 1. The molecule has 1 aliphatic carbocycles. The van der Waals surface area contributed by atoms with Gasteiger partial charge >= 0.3 is 5.97 Å². The molecule has 0 N–H and O–H groups in total. The number of carbonyl (C=O) groups excluding carboxylic acids is 3. The van der Waals surface area contributed by atoms with Gasteiger partial charge in [-0.15, -0.1) is 0 Å². The van der Waals surface area contributed by atoms with Crippen molar-refractivity contribution in [1.29, 1.82) is 0 Å². The van der Waals surface area contributed by atoms with Crippen LogP contribution in [0.2, 0.25) is 5.02 Å². The molecule has 1 saturated carbocycles. The van der Waals surface area contributed by atoms with E-state index in [1.54, 1.807) is 17.0 Å². The van der Waals surface area contributed by atoms with Gasteiger partial charge in [0.2, 0.25) is 0 Å². The lowest BCUT2D eigenvalue weighted by molar-refractivity contribution is -0.384. The van der Waals surface area contributed by atoms with E-state index in [1.165, 1.54) is 24.3 Å². The second kappa shape index (κ2) is 10.4. The highest BCUT2D eigenvalue weighted by Crippen LogP contribution is 2.30. The predicted octanol–water partition coefficient (Wildman–Crippen LogP) is 4.28. The van der Waals surface area contributed by atoms with Crippen LogP contribution in [0.25, 0.3) is 0 Å². The molecule has 9 heteroatoms. The molecule has 3 rings (SSSR count). The van der Waals surface area contributed by atoms with Crippen molar-refractivity contribution in [2.24, 2.45) is 5.92 Å². The zero-order valence-electron chi connectivity index (χ0n) is 17.6. The maximum Gasteiger partial charge on any atom is 0.339 e. The van der Waals surface area contributed by atoms with E-state index in [1.807, 2.05) is 6.92 Å². The van der Waals surface area contributed by atoms with Crippen LogP contribution in [0.4, 0.5) is 5.69 Å². The zero-order chi connectivity index (χ0) is 23.3. The first-order valence-corrected chi connectivity index (χ1v) is 10.7. The molecule has 2 aromatic carbocycles. The van der Waals surface area contributed by atoms with Gasteiger partial charge in [0.25, 0.3) is 11.6 Å². The SMILES string of the molecule is CCCN(CC1CC1)C(=O)COC(=O)c1ccccc1C(=O)c1ccc(Cl)c([N+](=O)[O-])c1. The maximum absolute atomic E-state index is 13.0. The van der Waals surface area contributed by atoms with Crippen LogP contribution in [-0.4, -0.2) is 47.2 Å². The number of hydrogen-bond donors (Lipinski definition) is 0. The third-order valence-corrected chi connectivity index (χ3v) is 5.46. The molecule has 8 nitrogen and oxygen atoms in total. The van der Waals surface area contributed by atoms with Crippen LogP contribution < -0.4 is 0 Å². The van der Waals surface area contributed by atoms with Crippen molar-refractivity contribution in [3.63, 3.8) is 0 Å². The lowest BCUT2D eigenvalue weighted by atomic mass is 9.98. The Morgan fingerprint density at radius 2 is 1.84 bits per heavy atom. The van der Waals surface area contributed by atoms with E-state index in [2.05, 4.69) is 0 Å². The molecular weight excluding hydrogens is 436 g/mol. The van der Waals surface area contributed by atoms with E-state index >= 15 is 0 Å². The zero-order valence-corrected chi connectivity index (χ0v) is 18.3. The lowest BCUT2D eigenvalue weighted by Crippen LogP contribution is -2.37. The van der Waals surface area contributed by atoms with Gasteiger partial charge in [-0.05, 0) is 43.4 Å². The molecule has 0 spiro atoms. The van der Waals surface area contributed by atoms with Crippen molar-refractivity contribution in [2.45, 2.75) is 26.2 Å². The van der Waals surface area contributed by atoms with E-state index in [0.29, 0.717) is 19.0 Å². The first-order chi connectivity index (χ1) is 15.3. The fourth-order valence-electron chi connectivity index (χ4n) is 3.30. The monoisotopic (exact) mass is 458 g/mol. The van der Waals surface area contributed by atoms with Gasteiger partial charge in [-0.3, -0.25) is 19.7 Å². The Hall–Kier alpha value is -3.26. The van der Waals surface area contributed by atoms with Crippen molar-refractivity contribution in [1.82, 2.24) is 4.90 Å². The molecule has 0 aliphatic heterocycles. The van der Waals surface area contributed by atoms with Crippen LogP contribution in [-0.2, 0) is 9.53 Å². The Bertz CT molecular complexity index is 1050. The molecule has 1 fully saturated rings. The van der Waals surface area contributed by atoms with Crippen LogP contribution in [0.3, 0.4) is 0 Å². The molecular formula is C23H23ClN2O6. The highest BCUT2D eigenvalue weighted by atomic mass is 35.5. The van der Waals surface area contributed by atoms with Crippen molar-refractivity contribution < 1.29 is 24.0 Å².